The van der Waals surface area contributed by atoms with Crippen LogP contribution in [0.15, 0.2) is 36.7 Å². The van der Waals surface area contributed by atoms with Gasteiger partial charge in [-0.25, -0.2) is 0 Å². The van der Waals surface area contributed by atoms with Crippen molar-refractivity contribution in [3.05, 3.63) is 53.3 Å². The van der Waals surface area contributed by atoms with E-state index >= 15 is 0 Å². The summed E-state index contributed by atoms with van der Waals surface area (Å²) in [7, 11) is 0. The molecule has 1 aromatic heterocycles. The van der Waals surface area contributed by atoms with Crippen molar-refractivity contribution in [3.63, 3.8) is 0 Å². The number of nitrogens with zero attached hydrogens (tertiary/aromatic N) is 1. The van der Waals surface area contributed by atoms with Crippen molar-refractivity contribution < 1.29 is 14.3 Å². The number of aromatic nitrogens is 1. The number of ether oxygens (including phenoxy) is 1. The molecular weight excluding hydrogens is 294 g/mol. The molecule has 2 heterocycles. The van der Waals surface area contributed by atoms with Gasteiger partial charge in [0.1, 0.15) is 0 Å². The van der Waals surface area contributed by atoms with E-state index in [9.17, 15) is 9.59 Å². The fraction of sp³-hybridized carbons (Fsp3) is 0.294. The molecule has 0 spiro atoms. The summed E-state index contributed by atoms with van der Waals surface area (Å²) in [4.78, 5) is 29.4. The van der Waals surface area contributed by atoms with Crippen LogP contribution in [0, 0.1) is 6.92 Å². The molecule has 0 saturated carbocycles. The highest BCUT2D eigenvalue weighted by molar-refractivity contribution is 6.06. The quantitative estimate of drug-likeness (QED) is 0.910. The van der Waals surface area contributed by atoms with Crippen LogP contribution in [0.2, 0.25) is 0 Å². The second-order valence-corrected chi connectivity index (χ2v) is 5.44. The molecule has 23 heavy (non-hydrogen) atoms. The molecule has 3 rings (SSSR count). The Bertz CT molecular complexity index is 704. The lowest BCUT2D eigenvalue weighted by molar-refractivity contribution is 0.0302. The van der Waals surface area contributed by atoms with Crippen molar-refractivity contribution in [2.75, 3.05) is 31.6 Å². The molecule has 1 aliphatic rings. The number of amides is 2. The van der Waals surface area contributed by atoms with Crippen LogP contribution >= 0.6 is 0 Å². The van der Waals surface area contributed by atoms with Gasteiger partial charge in [0.15, 0.2) is 0 Å². The predicted molar refractivity (Wildman–Crippen MR) is 86.6 cm³/mol. The minimum Gasteiger partial charge on any atom is -0.378 e. The normalized spacial score (nSPS) is 14.6. The highest BCUT2D eigenvalue weighted by atomic mass is 16.5. The lowest BCUT2D eigenvalue weighted by Gasteiger charge is -2.27. The van der Waals surface area contributed by atoms with Gasteiger partial charge in [0.2, 0.25) is 0 Å². The SMILES string of the molecule is Cc1c(NC(=O)c2cc[nH]c2)cccc1C(=O)N1CCOCC1. The molecule has 0 bridgehead atoms. The van der Waals surface area contributed by atoms with Gasteiger partial charge in [-0.3, -0.25) is 9.59 Å². The zero-order chi connectivity index (χ0) is 16.2. The number of morpholine rings is 1. The number of nitrogens with one attached hydrogen (secondary N) is 2. The lowest BCUT2D eigenvalue weighted by Crippen LogP contribution is -2.41. The average Bonchev–Trinajstić information content (AvgIpc) is 3.11. The summed E-state index contributed by atoms with van der Waals surface area (Å²) in [5.41, 5.74) is 2.58. The highest BCUT2D eigenvalue weighted by Crippen LogP contribution is 2.21. The van der Waals surface area contributed by atoms with Crippen molar-refractivity contribution in [2.45, 2.75) is 6.92 Å². The second-order valence-electron chi connectivity index (χ2n) is 5.44. The fourth-order valence-corrected chi connectivity index (χ4v) is 2.60. The first-order valence-corrected chi connectivity index (χ1v) is 7.57. The van der Waals surface area contributed by atoms with Crippen LogP contribution in [-0.2, 0) is 4.74 Å². The summed E-state index contributed by atoms with van der Waals surface area (Å²) in [6.07, 6.45) is 3.33. The van der Waals surface area contributed by atoms with Gasteiger partial charge < -0.3 is 19.9 Å². The maximum atomic E-state index is 12.6. The third-order valence-electron chi connectivity index (χ3n) is 3.97. The first kappa shape index (κ1) is 15.3. The lowest BCUT2D eigenvalue weighted by atomic mass is 10.0. The van der Waals surface area contributed by atoms with Crippen LogP contribution in [0.3, 0.4) is 0 Å². The molecule has 6 nitrogen and oxygen atoms in total. The molecule has 0 unspecified atom stereocenters. The monoisotopic (exact) mass is 313 g/mol. The Hall–Kier alpha value is -2.60. The fourth-order valence-electron chi connectivity index (χ4n) is 2.60. The van der Waals surface area contributed by atoms with Crippen molar-refractivity contribution in [1.29, 1.82) is 0 Å². The van der Waals surface area contributed by atoms with Crippen LogP contribution in [0.4, 0.5) is 5.69 Å². The maximum Gasteiger partial charge on any atom is 0.257 e. The van der Waals surface area contributed by atoms with Crippen LogP contribution < -0.4 is 5.32 Å². The maximum absolute atomic E-state index is 12.6. The molecule has 2 aromatic rings. The van der Waals surface area contributed by atoms with Crippen LogP contribution in [0.5, 0.6) is 0 Å². The van der Waals surface area contributed by atoms with E-state index in [-0.39, 0.29) is 11.8 Å². The van der Waals surface area contributed by atoms with Gasteiger partial charge in [-0.2, -0.15) is 0 Å². The molecule has 2 amide bonds. The van der Waals surface area contributed by atoms with E-state index in [0.717, 1.165) is 5.56 Å². The van der Waals surface area contributed by atoms with E-state index in [1.165, 1.54) is 0 Å². The predicted octanol–water partition coefficient (Wildman–Crippen LogP) is 2.05. The van der Waals surface area contributed by atoms with Gasteiger partial charge >= 0.3 is 0 Å². The zero-order valence-corrected chi connectivity index (χ0v) is 13.0. The number of carbonyl (C=O) groups is 2. The Morgan fingerprint density at radius 2 is 2.00 bits per heavy atom. The molecular formula is C17H19N3O3. The average molecular weight is 313 g/mol. The van der Waals surface area contributed by atoms with Crippen LogP contribution in [0.25, 0.3) is 0 Å². The molecule has 120 valence electrons. The Labute approximate surface area is 134 Å². The Morgan fingerprint density at radius 1 is 1.22 bits per heavy atom. The Morgan fingerprint density at radius 3 is 2.70 bits per heavy atom. The number of rotatable bonds is 3. The smallest absolute Gasteiger partial charge is 0.257 e. The van der Waals surface area contributed by atoms with E-state index in [1.54, 1.807) is 41.6 Å². The molecule has 2 N–H and O–H groups in total. The summed E-state index contributed by atoms with van der Waals surface area (Å²) >= 11 is 0. The summed E-state index contributed by atoms with van der Waals surface area (Å²) in [6.45, 7) is 4.17. The molecule has 0 atom stereocenters. The van der Waals surface area contributed by atoms with Gasteiger partial charge in [-0.1, -0.05) is 6.07 Å². The summed E-state index contributed by atoms with van der Waals surface area (Å²) in [5.74, 6) is -0.228. The molecule has 1 fully saturated rings. The van der Waals surface area contributed by atoms with E-state index < -0.39 is 0 Å². The molecule has 1 aliphatic heterocycles. The van der Waals surface area contributed by atoms with E-state index in [2.05, 4.69) is 10.3 Å². The second kappa shape index (κ2) is 6.66. The third kappa shape index (κ3) is 3.27. The van der Waals surface area contributed by atoms with Crippen LogP contribution in [0.1, 0.15) is 26.3 Å². The summed E-state index contributed by atoms with van der Waals surface area (Å²) in [6, 6.07) is 7.08. The number of H-pyrrole nitrogens is 1. The topological polar surface area (TPSA) is 74.4 Å². The van der Waals surface area contributed by atoms with Crippen molar-refractivity contribution in [2.24, 2.45) is 0 Å². The van der Waals surface area contributed by atoms with Crippen LogP contribution in [-0.4, -0.2) is 48.0 Å². The van der Waals surface area contributed by atoms with Gasteiger partial charge in [0.05, 0.1) is 18.8 Å². The molecule has 0 aliphatic carbocycles. The molecule has 6 heteroatoms. The van der Waals surface area contributed by atoms with Gasteiger partial charge in [0, 0.05) is 36.7 Å². The van der Waals surface area contributed by atoms with E-state index in [0.29, 0.717) is 43.1 Å². The minimum absolute atomic E-state index is 0.0245. The Kier molecular flexibility index (Phi) is 4.43. The Balaban J connectivity index is 1.80. The largest absolute Gasteiger partial charge is 0.378 e. The molecule has 1 saturated heterocycles. The zero-order valence-electron chi connectivity index (χ0n) is 13.0. The van der Waals surface area contributed by atoms with Gasteiger partial charge in [0.25, 0.3) is 11.8 Å². The third-order valence-corrected chi connectivity index (χ3v) is 3.97. The number of hydrogen-bond donors (Lipinski definition) is 2. The standard InChI is InChI=1S/C17H19N3O3/c1-12-14(17(22)20-7-9-23-10-8-20)3-2-4-15(12)19-16(21)13-5-6-18-11-13/h2-6,11,18H,7-10H2,1H3,(H,19,21). The first-order chi connectivity index (χ1) is 11.2. The number of anilines is 1. The number of hydrogen-bond acceptors (Lipinski definition) is 3. The summed E-state index contributed by atoms with van der Waals surface area (Å²) < 4.78 is 5.28. The van der Waals surface area contributed by atoms with Gasteiger partial charge in [-0.15, -0.1) is 0 Å². The van der Waals surface area contributed by atoms with Crippen molar-refractivity contribution in [1.82, 2.24) is 9.88 Å². The van der Waals surface area contributed by atoms with E-state index in [4.69, 9.17) is 4.74 Å². The van der Waals surface area contributed by atoms with E-state index in [1.807, 2.05) is 6.92 Å². The van der Waals surface area contributed by atoms with Crippen molar-refractivity contribution in [3.8, 4) is 0 Å². The minimum atomic E-state index is -0.203. The number of carbonyl (C=O) groups excluding carboxylic acids is 2. The number of aromatic amines is 1. The first-order valence-electron chi connectivity index (χ1n) is 7.57. The van der Waals surface area contributed by atoms with Gasteiger partial charge in [-0.05, 0) is 30.7 Å². The molecule has 1 aromatic carbocycles. The molecule has 0 radical (unpaired) electrons. The summed E-state index contributed by atoms with van der Waals surface area (Å²) in [5, 5.41) is 2.86. The highest BCUT2D eigenvalue weighted by Gasteiger charge is 2.21. The number of benzene rings is 1. The van der Waals surface area contributed by atoms with Crippen molar-refractivity contribution >= 4 is 17.5 Å².